The molecule has 0 aliphatic rings. The van der Waals surface area contributed by atoms with Gasteiger partial charge in [0.25, 0.3) is 11.8 Å². The van der Waals surface area contributed by atoms with Crippen molar-refractivity contribution in [3.8, 4) is 0 Å². The molecule has 2 aromatic carbocycles. The highest BCUT2D eigenvalue weighted by Crippen LogP contribution is 2.22. The summed E-state index contributed by atoms with van der Waals surface area (Å²) in [5, 5.41) is 4.89. The van der Waals surface area contributed by atoms with Gasteiger partial charge in [-0.05, 0) is 44.2 Å². The summed E-state index contributed by atoms with van der Waals surface area (Å²) in [7, 11) is 0. The Labute approximate surface area is 160 Å². The lowest BCUT2D eigenvalue weighted by molar-refractivity contribution is -0.152. The first kappa shape index (κ1) is 20.4. The zero-order valence-corrected chi connectivity index (χ0v) is 15.5. The predicted molar refractivity (Wildman–Crippen MR) is 99.1 cm³/mol. The quantitative estimate of drug-likeness (QED) is 0.740. The van der Waals surface area contributed by atoms with Crippen molar-refractivity contribution in [3.05, 3.63) is 64.4 Å². The number of anilines is 1. The molecule has 6 nitrogen and oxygen atoms in total. The van der Waals surface area contributed by atoms with Gasteiger partial charge in [0, 0.05) is 5.56 Å². The van der Waals surface area contributed by atoms with E-state index < -0.39 is 29.7 Å². The number of carbonyl (C=O) groups is 3. The van der Waals surface area contributed by atoms with Crippen molar-refractivity contribution >= 4 is 35.1 Å². The minimum Gasteiger partial charge on any atom is -0.451 e. The molecule has 0 unspecified atom stereocenters. The highest BCUT2D eigenvalue weighted by atomic mass is 35.5. The van der Waals surface area contributed by atoms with Crippen LogP contribution in [0.25, 0.3) is 0 Å². The van der Waals surface area contributed by atoms with Crippen LogP contribution >= 0.6 is 11.6 Å². The minimum atomic E-state index is -1.13. The lowest BCUT2D eigenvalue weighted by Gasteiger charge is -2.14. The first-order chi connectivity index (χ1) is 12.8. The predicted octanol–water partition coefficient (Wildman–Crippen LogP) is 3.09. The molecule has 2 rings (SSSR count). The zero-order chi connectivity index (χ0) is 20.0. The Morgan fingerprint density at radius 1 is 1.19 bits per heavy atom. The Morgan fingerprint density at radius 2 is 1.93 bits per heavy atom. The monoisotopic (exact) mass is 392 g/mol. The molecule has 2 aromatic rings. The Balaban J connectivity index is 1.83. The van der Waals surface area contributed by atoms with Crippen molar-refractivity contribution < 1.29 is 23.5 Å². The van der Waals surface area contributed by atoms with Crippen molar-refractivity contribution in [1.82, 2.24) is 5.32 Å². The fraction of sp³-hybridized carbons (Fsp3) is 0.211. The number of halogens is 2. The van der Waals surface area contributed by atoms with Gasteiger partial charge in [0.05, 0.1) is 10.7 Å². The number of ether oxygens (including phenoxy) is 1. The number of hydrogen-bond acceptors (Lipinski definition) is 4. The molecule has 0 saturated heterocycles. The average Bonchev–Trinajstić information content (AvgIpc) is 2.61. The molecule has 2 amide bonds. The molecular weight excluding hydrogens is 375 g/mol. The summed E-state index contributed by atoms with van der Waals surface area (Å²) in [5.74, 6) is -2.38. The summed E-state index contributed by atoms with van der Waals surface area (Å²) in [5.41, 5.74) is 1.52. The Kier molecular flexibility index (Phi) is 6.90. The largest absolute Gasteiger partial charge is 0.451 e. The SMILES string of the molecule is Cc1cccc(C(=O)NCC(=O)O[C@H](C)C(=O)Nc2ccc(F)cc2Cl)c1. The average molecular weight is 393 g/mol. The van der Waals surface area contributed by atoms with Crippen LogP contribution in [0.1, 0.15) is 22.8 Å². The lowest BCUT2D eigenvalue weighted by Crippen LogP contribution is -2.35. The summed E-state index contributed by atoms with van der Waals surface area (Å²) in [6, 6.07) is 10.4. The Bertz CT molecular complexity index is 873. The van der Waals surface area contributed by atoms with E-state index in [9.17, 15) is 18.8 Å². The highest BCUT2D eigenvalue weighted by Gasteiger charge is 2.19. The minimum absolute atomic E-state index is 0.0206. The number of aryl methyl sites for hydroxylation is 1. The normalized spacial score (nSPS) is 11.4. The van der Waals surface area contributed by atoms with Crippen LogP contribution in [0.4, 0.5) is 10.1 Å². The van der Waals surface area contributed by atoms with Gasteiger partial charge in [-0.1, -0.05) is 29.3 Å². The standard InChI is InChI=1S/C19H18ClFN2O4/c1-11-4-3-5-13(8-11)19(26)22-10-17(24)27-12(2)18(25)23-16-7-6-14(21)9-15(16)20/h3-9,12H,10H2,1-2H3,(H,22,26)(H,23,25)/t12-/m1/s1. The number of esters is 1. The van der Waals surface area contributed by atoms with E-state index in [1.54, 1.807) is 18.2 Å². The van der Waals surface area contributed by atoms with E-state index in [-0.39, 0.29) is 17.3 Å². The number of rotatable bonds is 6. The Hall–Kier alpha value is -2.93. The van der Waals surface area contributed by atoms with Crippen molar-refractivity contribution in [1.29, 1.82) is 0 Å². The van der Waals surface area contributed by atoms with E-state index in [2.05, 4.69) is 10.6 Å². The molecule has 0 aromatic heterocycles. The molecule has 0 saturated carbocycles. The van der Waals surface area contributed by atoms with Gasteiger partial charge in [0.15, 0.2) is 6.10 Å². The van der Waals surface area contributed by atoms with Crippen LogP contribution in [-0.2, 0) is 14.3 Å². The molecule has 1 atom stereocenters. The maximum absolute atomic E-state index is 13.0. The summed E-state index contributed by atoms with van der Waals surface area (Å²) in [6.07, 6.45) is -1.13. The maximum Gasteiger partial charge on any atom is 0.326 e. The second kappa shape index (κ2) is 9.14. The van der Waals surface area contributed by atoms with Crippen molar-refractivity contribution in [2.75, 3.05) is 11.9 Å². The van der Waals surface area contributed by atoms with E-state index in [0.717, 1.165) is 17.7 Å². The number of carbonyl (C=O) groups excluding carboxylic acids is 3. The zero-order valence-electron chi connectivity index (χ0n) is 14.7. The van der Waals surface area contributed by atoms with Gasteiger partial charge in [-0.15, -0.1) is 0 Å². The van der Waals surface area contributed by atoms with Crippen LogP contribution in [0.5, 0.6) is 0 Å². The molecule has 0 radical (unpaired) electrons. The first-order valence-corrected chi connectivity index (χ1v) is 8.44. The third-order valence-corrected chi connectivity index (χ3v) is 3.85. The molecule has 0 spiro atoms. The van der Waals surface area contributed by atoms with E-state index in [4.69, 9.17) is 16.3 Å². The van der Waals surface area contributed by atoms with E-state index >= 15 is 0 Å². The van der Waals surface area contributed by atoms with Gasteiger partial charge in [0.1, 0.15) is 12.4 Å². The lowest BCUT2D eigenvalue weighted by atomic mass is 10.1. The van der Waals surface area contributed by atoms with Crippen LogP contribution < -0.4 is 10.6 Å². The third kappa shape index (κ3) is 6.07. The molecule has 2 N–H and O–H groups in total. The van der Waals surface area contributed by atoms with Gasteiger partial charge in [-0.25, -0.2) is 4.39 Å². The van der Waals surface area contributed by atoms with Crippen molar-refractivity contribution in [2.24, 2.45) is 0 Å². The molecular formula is C19H18ClFN2O4. The summed E-state index contributed by atoms with van der Waals surface area (Å²) < 4.78 is 18.0. The molecule has 0 fully saturated rings. The summed E-state index contributed by atoms with van der Waals surface area (Å²) >= 11 is 5.83. The molecule has 0 aliphatic carbocycles. The third-order valence-electron chi connectivity index (χ3n) is 3.54. The molecule has 0 aliphatic heterocycles. The first-order valence-electron chi connectivity index (χ1n) is 8.06. The van der Waals surface area contributed by atoms with Crippen LogP contribution in [0, 0.1) is 12.7 Å². The topological polar surface area (TPSA) is 84.5 Å². The van der Waals surface area contributed by atoms with E-state index in [0.29, 0.717) is 5.56 Å². The van der Waals surface area contributed by atoms with Gasteiger partial charge in [0.2, 0.25) is 0 Å². The van der Waals surface area contributed by atoms with E-state index in [1.807, 2.05) is 13.0 Å². The van der Waals surface area contributed by atoms with Gasteiger partial charge in [-0.2, -0.15) is 0 Å². The second-order valence-corrected chi connectivity index (χ2v) is 6.20. The second-order valence-electron chi connectivity index (χ2n) is 5.80. The fourth-order valence-corrected chi connectivity index (χ4v) is 2.37. The van der Waals surface area contributed by atoms with Crippen LogP contribution in [0.3, 0.4) is 0 Å². The number of nitrogens with one attached hydrogen (secondary N) is 2. The van der Waals surface area contributed by atoms with Crippen molar-refractivity contribution in [2.45, 2.75) is 20.0 Å². The molecule has 27 heavy (non-hydrogen) atoms. The Morgan fingerprint density at radius 3 is 2.59 bits per heavy atom. The van der Waals surface area contributed by atoms with Crippen molar-refractivity contribution in [3.63, 3.8) is 0 Å². The van der Waals surface area contributed by atoms with Gasteiger partial charge in [-0.3, -0.25) is 14.4 Å². The highest BCUT2D eigenvalue weighted by molar-refractivity contribution is 6.33. The number of benzene rings is 2. The smallest absolute Gasteiger partial charge is 0.326 e. The maximum atomic E-state index is 13.0. The number of hydrogen-bond donors (Lipinski definition) is 2. The molecule has 0 bridgehead atoms. The van der Waals surface area contributed by atoms with E-state index in [1.165, 1.54) is 13.0 Å². The number of amides is 2. The molecule has 8 heteroatoms. The molecule has 142 valence electrons. The van der Waals surface area contributed by atoms with Gasteiger partial charge < -0.3 is 15.4 Å². The van der Waals surface area contributed by atoms with Crippen LogP contribution in [-0.4, -0.2) is 30.4 Å². The van der Waals surface area contributed by atoms with Gasteiger partial charge >= 0.3 is 5.97 Å². The summed E-state index contributed by atoms with van der Waals surface area (Å²) in [4.78, 5) is 35.9. The molecule has 0 heterocycles. The summed E-state index contributed by atoms with van der Waals surface area (Å²) in [6.45, 7) is 2.83. The van der Waals surface area contributed by atoms with Crippen LogP contribution in [0.15, 0.2) is 42.5 Å². The fourth-order valence-electron chi connectivity index (χ4n) is 2.16. The van der Waals surface area contributed by atoms with Crippen LogP contribution in [0.2, 0.25) is 5.02 Å².